The predicted octanol–water partition coefficient (Wildman–Crippen LogP) is 2.81. The quantitative estimate of drug-likeness (QED) is 0.912. The third-order valence-corrected chi connectivity index (χ3v) is 3.80. The van der Waals surface area contributed by atoms with Gasteiger partial charge in [0, 0.05) is 12.6 Å². The first-order valence-electron chi connectivity index (χ1n) is 6.86. The normalized spacial score (nSPS) is 19.3. The van der Waals surface area contributed by atoms with Crippen LogP contribution in [-0.2, 0) is 0 Å². The van der Waals surface area contributed by atoms with E-state index in [-0.39, 0.29) is 23.3 Å². The molecule has 0 radical (unpaired) electrons. The summed E-state index contributed by atoms with van der Waals surface area (Å²) in [5.74, 6) is 0.303. The van der Waals surface area contributed by atoms with Crippen LogP contribution in [0.15, 0.2) is 18.2 Å². The summed E-state index contributed by atoms with van der Waals surface area (Å²) in [6.45, 7) is 2.85. The maximum absolute atomic E-state index is 12.7. The van der Waals surface area contributed by atoms with E-state index in [0.29, 0.717) is 5.75 Å². The Morgan fingerprint density at radius 1 is 1.47 bits per heavy atom. The molecule has 0 spiro atoms. The Balaban J connectivity index is 2.32. The Morgan fingerprint density at radius 3 is 2.95 bits per heavy atom. The summed E-state index contributed by atoms with van der Waals surface area (Å²) in [5.41, 5.74) is 0.283. The summed E-state index contributed by atoms with van der Waals surface area (Å²) in [5, 5.41) is 9.95. The second-order valence-corrected chi connectivity index (χ2v) is 4.91. The lowest BCUT2D eigenvalue weighted by Crippen LogP contribution is -2.43. The van der Waals surface area contributed by atoms with Crippen molar-refractivity contribution in [1.29, 1.82) is 0 Å². The van der Waals surface area contributed by atoms with E-state index in [1.165, 1.54) is 19.6 Å². The van der Waals surface area contributed by atoms with E-state index in [9.17, 15) is 9.90 Å². The Labute approximate surface area is 114 Å². The van der Waals surface area contributed by atoms with Crippen LogP contribution < -0.4 is 4.74 Å². The zero-order chi connectivity index (χ0) is 13.8. The number of hydrogen-bond acceptors (Lipinski definition) is 3. The smallest absolute Gasteiger partial charge is 0.261 e. The summed E-state index contributed by atoms with van der Waals surface area (Å²) in [6, 6.07) is 5.18. The number of phenolic OH excluding ortho intramolecular Hbond substituents is 1. The average molecular weight is 263 g/mol. The molecule has 19 heavy (non-hydrogen) atoms. The van der Waals surface area contributed by atoms with Gasteiger partial charge in [-0.05, 0) is 37.8 Å². The van der Waals surface area contributed by atoms with Crippen molar-refractivity contribution in [3.8, 4) is 11.5 Å². The Morgan fingerprint density at radius 2 is 2.26 bits per heavy atom. The van der Waals surface area contributed by atoms with Crippen LogP contribution in [0.25, 0.3) is 0 Å². The van der Waals surface area contributed by atoms with Gasteiger partial charge >= 0.3 is 0 Å². The maximum Gasteiger partial charge on any atom is 0.261 e. The van der Waals surface area contributed by atoms with Crippen molar-refractivity contribution in [2.24, 2.45) is 0 Å². The first-order chi connectivity index (χ1) is 9.19. The summed E-state index contributed by atoms with van der Waals surface area (Å²) < 4.78 is 5.20. The van der Waals surface area contributed by atoms with E-state index in [4.69, 9.17) is 4.74 Å². The van der Waals surface area contributed by atoms with Crippen LogP contribution in [0.1, 0.15) is 43.0 Å². The van der Waals surface area contributed by atoms with Crippen molar-refractivity contribution in [3.63, 3.8) is 0 Å². The molecule has 1 atom stereocenters. The van der Waals surface area contributed by atoms with Crippen LogP contribution in [0.5, 0.6) is 11.5 Å². The second-order valence-electron chi connectivity index (χ2n) is 4.91. The van der Waals surface area contributed by atoms with Crippen molar-refractivity contribution in [2.45, 2.75) is 38.6 Å². The molecule has 1 heterocycles. The fraction of sp³-hybridized carbons (Fsp3) is 0.533. The van der Waals surface area contributed by atoms with E-state index < -0.39 is 0 Å². The molecule has 0 bridgehead atoms. The number of phenols is 1. The van der Waals surface area contributed by atoms with Gasteiger partial charge in [-0.3, -0.25) is 4.79 Å². The van der Waals surface area contributed by atoms with Gasteiger partial charge in [0.15, 0.2) is 0 Å². The molecule has 4 nitrogen and oxygen atoms in total. The number of carbonyl (C=O) groups excluding carboxylic acids is 1. The van der Waals surface area contributed by atoms with Gasteiger partial charge in [-0.2, -0.15) is 0 Å². The third kappa shape index (κ3) is 2.67. The van der Waals surface area contributed by atoms with E-state index in [1.54, 1.807) is 12.1 Å². The molecule has 1 amide bonds. The van der Waals surface area contributed by atoms with Crippen LogP contribution in [0.2, 0.25) is 0 Å². The number of methoxy groups -OCH3 is 1. The van der Waals surface area contributed by atoms with Crippen LogP contribution in [0.4, 0.5) is 0 Å². The highest BCUT2D eigenvalue weighted by Gasteiger charge is 2.29. The molecule has 0 aliphatic carbocycles. The molecule has 1 aromatic carbocycles. The maximum atomic E-state index is 12.7. The van der Waals surface area contributed by atoms with Gasteiger partial charge in [0.1, 0.15) is 17.1 Å². The minimum absolute atomic E-state index is 0.00947. The fourth-order valence-corrected chi connectivity index (χ4v) is 2.74. The van der Waals surface area contributed by atoms with E-state index in [2.05, 4.69) is 6.92 Å². The third-order valence-electron chi connectivity index (χ3n) is 3.80. The summed E-state index contributed by atoms with van der Waals surface area (Å²) >= 11 is 0. The molecular formula is C15H21NO3. The molecule has 1 saturated heterocycles. The highest BCUT2D eigenvalue weighted by molar-refractivity contribution is 5.99. The minimum atomic E-state index is -0.124. The molecule has 2 rings (SSSR count). The SMILES string of the molecule is CCC1CCCCN1C(=O)c1c(O)cccc1OC. The van der Waals surface area contributed by atoms with Crippen molar-refractivity contribution in [1.82, 2.24) is 4.90 Å². The van der Waals surface area contributed by atoms with E-state index in [0.717, 1.165) is 25.8 Å². The lowest BCUT2D eigenvalue weighted by atomic mass is 9.98. The van der Waals surface area contributed by atoms with E-state index in [1.807, 2.05) is 4.90 Å². The number of amides is 1. The van der Waals surface area contributed by atoms with Crippen LogP contribution >= 0.6 is 0 Å². The fourth-order valence-electron chi connectivity index (χ4n) is 2.74. The highest BCUT2D eigenvalue weighted by atomic mass is 16.5. The minimum Gasteiger partial charge on any atom is -0.507 e. The standard InChI is InChI=1S/C15H21NO3/c1-3-11-7-4-5-10-16(11)15(18)14-12(17)8-6-9-13(14)19-2/h6,8-9,11,17H,3-5,7,10H2,1-2H3. The number of piperidine rings is 1. The molecule has 0 aromatic heterocycles. The van der Waals surface area contributed by atoms with Crippen molar-refractivity contribution < 1.29 is 14.6 Å². The first-order valence-corrected chi connectivity index (χ1v) is 6.86. The zero-order valence-corrected chi connectivity index (χ0v) is 11.6. The molecule has 1 N–H and O–H groups in total. The number of hydrogen-bond donors (Lipinski definition) is 1. The zero-order valence-electron chi connectivity index (χ0n) is 11.6. The topological polar surface area (TPSA) is 49.8 Å². The largest absolute Gasteiger partial charge is 0.507 e. The first kappa shape index (κ1) is 13.7. The van der Waals surface area contributed by atoms with Gasteiger partial charge in [-0.1, -0.05) is 13.0 Å². The molecule has 1 aliphatic heterocycles. The lowest BCUT2D eigenvalue weighted by Gasteiger charge is -2.35. The number of rotatable bonds is 3. The van der Waals surface area contributed by atoms with Crippen molar-refractivity contribution >= 4 is 5.91 Å². The average Bonchev–Trinajstić information content (AvgIpc) is 2.46. The second kappa shape index (κ2) is 5.95. The van der Waals surface area contributed by atoms with E-state index >= 15 is 0 Å². The molecule has 104 valence electrons. The Kier molecular flexibility index (Phi) is 4.30. The van der Waals surface area contributed by atoms with Crippen molar-refractivity contribution in [2.75, 3.05) is 13.7 Å². The van der Waals surface area contributed by atoms with Crippen molar-refractivity contribution in [3.05, 3.63) is 23.8 Å². The molecule has 1 fully saturated rings. The molecule has 1 unspecified atom stereocenters. The predicted molar refractivity (Wildman–Crippen MR) is 73.6 cm³/mol. The van der Waals surface area contributed by atoms with Gasteiger partial charge in [0.2, 0.25) is 0 Å². The number of ether oxygens (including phenoxy) is 1. The van der Waals surface area contributed by atoms with Gasteiger partial charge in [-0.25, -0.2) is 0 Å². The van der Waals surface area contributed by atoms with Gasteiger partial charge in [0.25, 0.3) is 5.91 Å². The lowest BCUT2D eigenvalue weighted by molar-refractivity contribution is 0.0601. The molecular weight excluding hydrogens is 242 g/mol. The summed E-state index contributed by atoms with van der Waals surface area (Å²) in [6.07, 6.45) is 4.18. The van der Waals surface area contributed by atoms with Gasteiger partial charge in [-0.15, -0.1) is 0 Å². The van der Waals surface area contributed by atoms with Gasteiger partial charge in [0.05, 0.1) is 7.11 Å². The number of nitrogens with zero attached hydrogens (tertiary/aromatic N) is 1. The number of carbonyl (C=O) groups is 1. The number of aromatic hydroxyl groups is 1. The molecule has 4 heteroatoms. The number of benzene rings is 1. The summed E-state index contributed by atoms with van der Waals surface area (Å²) in [4.78, 5) is 14.5. The van der Waals surface area contributed by atoms with Crippen LogP contribution in [0, 0.1) is 0 Å². The molecule has 1 aromatic rings. The monoisotopic (exact) mass is 263 g/mol. The molecule has 0 saturated carbocycles. The summed E-state index contributed by atoms with van der Waals surface area (Å²) in [7, 11) is 1.51. The highest BCUT2D eigenvalue weighted by Crippen LogP contribution is 2.31. The number of likely N-dealkylation sites (tertiary alicyclic amines) is 1. The van der Waals surface area contributed by atoms with Gasteiger partial charge < -0.3 is 14.7 Å². The Bertz CT molecular complexity index is 459. The Hall–Kier alpha value is -1.71. The molecule has 1 aliphatic rings. The van der Waals surface area contributed by atoms with Crippen LogP contribution in [-0.4, -0.2) is 35.6 Å². The van der Waals surface area contributed by atoms with Crippen LogP contribution in [0.3, 0.4) is 0 Å².